The van der Waals surface area contributed by atoms with Crippen LogP contribution in [0.25, 0.3) is 11.2 Å². The molecule has 1 fully saturated rings. The number of imidazole rings is 1. The van der Waals surface area contributed by atoms with E-state index in [0.29, 0.717) is 11.2 Å². The van der Waals surface area contributed by atoms with Crippen LogP contribution >= 0.6 is 0 Å². The molecule has 4 atom stereocenters. The molecule has 14 heteroatoms. The van der Waals surface area contributed by atoms with Crippen LogP contribution in [0.1, 0.15) is 27.0 Å². The number of anilines is 1. The molecule has 0 aliphatic carbocycles. The Morgan fingerprint density at radius 1 is 1.28 bits per heavy atom. The van der Waals surface area contributed by atoms with Gasteiger partial charge in [0.2, 0.25) is 0 Å². The molecule has 32 heavy (non-hydrogen) atoms. The highest BCUT2D eigenvalue weighted by Gasteiger charge is 2.66. The van der Waals surface area contributed by atoms with Crippen LogP contribution in [0.4, 0.5) is 5.82 Å². The fourth-order valence-corrected chi connectivity index (χ4v) is 6.29. The van der Waals surface area contributed by atoms with Crippen molar-refractivity contribution in [1.29, 1.82) is 0 Å². The molecule has 5 N–H and O–H groups in total. The van der Waals surface area contributed by atoms with Crippen LogP contribution in [0, 0.1) is 0 Å². The summed E-state index contributed by atoms with van der Waals surface area (Å²) >= 11 is 0. The van der Waals surface area contributed by atoms with Crippen molar-refractivity contribution < 1.29 is 26.9 Å². The Morgan fingerprint density at radius 2 is 1.97 bits per heavy atom. The lowest BCUT2D eigenvalue weighted by molar-refractivity contribution is -0.0561. The molecule has 2 aliphatic rings. The van der Waals surface area contributed by atoms with Gasteiger partial charge in [-0.3, -0.25) is 4.57 Å². The fourth-order valence-electron chi connectivity index (χ4n) is 3.79. The number of nitrogens with two attached hydrogens (primary N) is 2. The van der Waals surface area contributed by atoms with Crippen molar-refractivity contribution in [3.05, 3.63) is 23.8 Å². The molecule has 12 nitrogen and oxygen atoms in total. The minimum absolute atomic E-state index is 0.0960. The Hall–Kier alpha value is -2.10. The molecule has 0 bridgehead atoms. The van der Waals surface area contributed by atoms with Gasteiger partial charge in [-0.2, -0.15) is 8.42 Å². The Labute approximate surface area is 186 Å². The van der Waals surface area contributed by atoms with Gasteiger partial charge in [0, 0.05) is 0 Å². The first-order chi connectivity index (χ1) is 14.7. The lowest BCUT2D eigenvalue weighted by Crippen LogP contribution is -2.58. The molecule has 4 heterocycles. The van der Waals surface area contributed by atoms with Gasteiger partial charge < -0.3 is 25.7 Å². The Kier molecular flexibility index (Phi) is 5.19. The maximum atomic E-state index is 12.4. The lowest BCUT2D eigenvalue weighted by Gasteiger charge is -2.43. The van der Waals surface area contributed by atoms with Crippen molar-refractivity contribution in [3.63, 3.8) is 0 Å². The van der Waals surface area contributed by atoms with Crippen LogP contribution in [0.5, 0.6) is 0 Å². The molecule has 2 aromatic heterocycles. The highest BCUT2D eigenvalue weighted by atomic mass is 32.2. The van der Waals surface area contributed by atoms with E-state index in [-0.39, 0.29) is 16.6 Å². The Morgan fingerprint density at radius 3 is 2.53 bits per heavy atom. The molecule has 2 aromatic rings. The number of hydrogen-bond acceptors (Lipinski definition) is 11. The van der Waals surface area contributed by atoms with Gasteiger partial charge in [0.15, 0.2) is 31.6 Å². The average Bonchev–Trinajstić information content (AvgIpc) is 3.28. The lowest BCUT2D eigenvalue weighted by atomic mass is 9.89. The molecule has 4 rings (SSSR count). The van der Waals surface area contributed by atoms with Crippen LogP contribution in [-0.2, 0) is 23.5 Å². The van der Waals surface area contributed by atoms with Crippen molar-refractivity contribution in [2.24, 2.45) is 5.73 Å². The van der Waals surface area contributed by atoms with Crippen molar-refractivity contribution in [2.75, 3.05) is 12.3 Å². The van der Waals surface area contributed by atoms with Gasteiger partial charge >= 0.3 is 0 Å². The Balaban J connectivity index is 1.91. The van der Waals surface area contributed by atoms with E-state index in [1.54, 1.807) is 4.57 Å². The van der Waals surface area contributed by atoms with Crippen molar-refractivity contribution >= 4 is 35.4 Å². The van der Waals surface area contributed by atoms with Gasteiger partial charge in [0.05, 0.1) is 24.0 Å². The molecule has 176 valence electrons. The first-order valence-corrected chi connectivity index (χ1v) is 14.4. The second-order valence-corrected chi connectivity index (χ2v) is 15.7. The third-order valence-corrected chi connectivity index (χ3v) is 12.0. The number of nitrogen functional groups attached to an aromatic ring is 1. The fraction of sp³-hybridized carbons (Fsp3) is 0.611. The van der Waals surface area contributed by atoms with Gasteiger partial charge in [0.1, 0.15) is 24.1 Å². The predicted octanol–water partition coefficient (Wildman–Crippen LogP) is 0.588. The van der Waals surface area contributed by atoms with E-state index >= 15 is 0 Å². The van der Waals surface area contributed by atoms with Gasteiger partial charge in [-0.25, -0.2) is 19.1 Å². The molecular weight excluding hydrogens is 456 g/mol. The Bertz CT molecular complexity index is 1190. The van der Waals surface area contributed by atoms with E-state index in [1.165, 1.54) is 12.7 Å². The highest BCUT2D eigenvalue weighted by Crippen LogP contribution is 2.51. The standard InChI is InChI=1S/C18H28N6O6SSi/c1-17(2,3)32(4,5)29-13-16(24-9-23-12-14(20)21-8-22-15(12)24)28-11(6-25)18(13)10(19)7-31(26,27)30-18/h7-9,11,13,16,25H,6,19H2,1-5H3,(H2,20,21,22)/t11?,13-,16+,18?/m0/s1. The average molecular weight is 485 g/mol. The molecule has 0 amide bonds. The quantitative estimate of drug-likeness (QED) is 0.408. The zero-order valence-corrected chi connectivity index (χ0v) is 20.3. The smallest absolute Gasteiger partial charge is 0.292 e. The van der Waals surface area contributed by atoms with E-state index in [9.17, 15) is 13.5 Å². The SMILES string of the molecule is CC(C)(C)[Si](C)(C)O[C@H]1[C@H](n2cnc3c(N)ncnc32)OC(CO)C12OS(=O)(=O)C=C2N. The second kappa shape index (κ2) is 7.20. The zero-order chi connectivity index (χ0) is 23.7. The number of aliphatic hydroxyl groups is 1. The van der Waals surface area contributed by atoms with E-state index < -0.39 is 49.1 Å². The number of ether oxygens (including phenoxy) is 1. The summed E-state index contributed by atoms with van der Waals surface area (Å²) in [6.45, 7) is 9.62. The largest absolute Gasteiger partial charge is 0.406 e. The first kappa shape index (κ1) is 23.1. The summed E-state index contributed by atoms with van der Waals surface area (Å²) < 4.78 is 44.7. The van der Waals surface area contributed by atoms with Crippen molar-refractivity contribution in [3.8, 4) is 0 Å². The summed E-state index contributed by atoms with van der Waals surface area (Å²) in [5.41, 5.74) is 11.0. The molecular formula is C18H28N6O6SSi. The minimum atomic E-state index is -4.11. The normalized spacial score (nSPS) is 30.3. The molecule has 1 spiro atoms. The highest BCUT2D eigenvalue weighted by molar-refractivity contribution is 7.90. The van der Waals surface area contributed by atoms with Crippen molar-refractivity contribution in [1.82, 2.24) is 19.5 Å². The number of fused-ring (bicyclic) bond motifs is 1. The van der Waals surface area contributed by atoms with Crippen LogP contribution in [0.15, 0.2) is 23.8 Å². The van der Waals surface area contributed by atoms with Gasteiger partial charge in [0.25, 0.3) is 10.1 Å². The molecule has 2 aliphatic heterocycles. The van der Waals surface area contributed by atoms with Crippen LogP contribution in [-0.4, -0.2) is 65.8 Å². The van der Waals surface area contributed by atoms with E-state index in [4.69, 9.17) is 24.8 Å². The first-order valence-electron chi connectivity index (χ1n) is 10.0. The van der Waals surface area contributed by atoms with Crippen molar-refractivity contribution in [2.45, 2.75) is 62.9 Å². The van der Waals surface area contributed by atoms with Gasteiger partial charge in [-0.05, 0) is 18.1 Å². The third-order valence-electron chi connectivity index (χ3n) is 6.50. The van der Waals surface area contributed by atoms with Gasteiger partial charge in [-0.1, -0.05) is 20.8 Å². The number of aromatic nitrogens is 4. The molecule has 0 saturated carbocycles. The van der Waals surface area contributed by atoms with Crippen LogP contribution in [0.3, 0.4) is 0 Å². The number of nitrogens with zero attached hydrogens (tertiary/aromatic N) is 4. The summed E-state index contributed by atoms with van der Waals surface area (Å²) in [7, 11) is -6.63. The summed E-state index contributed by atoms with van der Waals surface area (Å²) in [5, 5.41) is 10.7. The van der Waals surface area contributed by atoms with Gasteiger partial charge in [-0.15, -0.1) is 0 Å². The number of rotatable bonds is 4. The van der Waals surface area contributed by atoms with Crippen LogP contribution in [0.2, 0.25) is 18.1 Å². The maximum absolute atomic E-state index is 12.4. The molecule has 0 aromatic carbocycles. The van der Waals surface area contributed by atoms with E-state index in [0.717, 1.165) is 5.41 Å². The molecule has 2 unspecified atom stereocenters. The monoisotopic (exact) mass is 484 g/mol. The summed E-state index contributed by atoms with van der Waals surface area (Å²) in [4.78, 5) is 12.5. The maximum Gasteiger partial charge on any atom is 0.292 e. The van der Waals surface area contributed by atoms with Crippen LogP contribution < -0.4 is 11.5 Å². The number of aliphatic hydroxyl groups excluding tert-OH is 1. The third kappa shape index (κ3) is 3.33. The topological polar surface area (TPSA) is 178 Å². The predicted molar refractivity (Wildman–Crippen MR) is 118 cm³/mol. The van der Waals surface area contributed by atoms with E-state index in [1.807, 2.05) is 33.9 Å². The zero-order valence-electron chi connectivity index (χ0n) is 18.5. The summed E-state index contributed by atoms with van der Waals surface area (Å²) in [5.74, 6) is 0.182. The second-order valence-electron chi connectivity index (χ2n) is 9.52. The summed E-state index contributed by atoms with van der Waals surface area (Å²) in [6.07, 6.45) is -0.353. The molecule has 1 saturated heterocycles. The minimum Gasteiger partial charge on any atom is -0.406 e. The van der Waals surface area contributed by atoms with E-state index in [2.05, 4.69) is 15.0 Å². The summed E-state index contributed by atoms with van der Waals surface area (Å²) in [6, 6.07) is 0. The molecule has 0 radical (unpaired) electrons. The number of hydrogen-bond donors (Lipinski definition) is 3.